The van der Waals surface area contributed by atoms with E-state index in [2.05, 4.69) is 0 Å². The Bertz CT molecular complexity index is 546. The minimum Gasteiger partial charge on any atom is -0.339 e. The second kappa shape index (κ2) is 6.69. The fourth-order valence-corrected chi connectivity index (χ4v) is 2.59. The molecule has 2 rings (SSSR count). The molecule has 0 N–H and O–H groups in total. The maximum absolute atomic E-state index is 12.4. The van der Waals surface area contributed by atoms with Crippen molar-refractivity contribution in [1.82, 2.24) is 9.80 Å². The number of hydrogen-bond acceptors (Lipinski definition) is 2. The minimum atomic E-state index is -0.551. The molecule has 0 spiro atoms. The Morgan fingerprint density at radius 2 is 1.55 bits per heavy atom. The molecular formula is C17H23ClN2O2. The van der Waals surface area contributed by atoms with Crippen LogP contribution in [0.2, 0.25) is 0 Å². The summed E-state index contributed by atoms with van der Waals surface area (Å²) in [4.78, 5) is 28.4. The molecule has 0 bridgehead atoms. The van der Waals surface area contributed by atoms with E-state index in [1.54, 1.807) is 4.90 Å². The molecule has 120 valence electrons. The molecule has 0 saturated carbocycles. The average Bonchev–Trinajstić information content (AvgIpc) is 2.54. The summed E-state index contributed by atoms with van der Waals surface area (Å²) in [6.45, 7) is 7.97. The SMILES string of the molecule is Cc1ccc(C(=O)N2CCN(C(=O)C(C)(C)CCl)CC2)cc1. The van der Waals surface area contributed by atoms with Crippen LogP contribution in [0.4, 0.5) is 0 Å². The molecule has 0 aromatic heterocycles. The summed E-state index contributed by atoms with van der Waals surface area (Å²) in [5.41, 5.74) is 1.28. The minimum absolute atomic E-state index is 0.0312. The number of alkyl halides is 1. The van der Waals surface area contributed by atoms with E-state index in [9.17, 15) is 9.59 Å². The van der Waals surface area contributed by atoms with Crippen molar-refractivity contribution in [2.45, 2.75) is 20.8 Å². The van der Waals surface area contributed by atoms with E-state index in [0.717, 1.165) is 5.56 Å². The Kier molecular flexibility index (Phi) is 5.12. The van der Waals surface area contributed by atoms with Gasteiger partial charge in [0, 0.05) is 37.6 Å². The average molecular weight is 323 g/mol. The lowest BCUT2D eigenvalue weighted by molar-refractivity contribution is -0.140. The second-order valence-corrected chi connectivity index (χ2v) is 6.74. The number of halogens is 1. The number of benzene rings is 1. The highest BCUT2D eigenvalue weighted by Gasteiger charge is 2.33. The fraction of sp³-hybridized carbons (Fsp3) is 0.529. The molecule has 0 radical (unpaired) electrons. The quantitative estimate of drug-likeness (QED) is 0.802. The molecule has 1 aliphatic rings. The standard InChI is InChI=1S/C17H23ClN2O2/c1-13-4-6-14(7-5-13)15(21)19-8-10-20(11-9-19)16(22)17(2,3)12-18/h4-7H,8-12H2,1-3H3. The van der Waals surface area contributed by atoms with Crippen molar-refractivity contribution >= 4 is 23.4 Å². The van der Waals surface area contributed by atoms with Gasteiger partial charge >= 0.3 is 0 Å². The molecule has 0 atom stereocenters. The van der Waals surface area contributed by atoms with Gasteiger partial charge in [-0.1, -0.05) is 17.7 Å². The van der Waals surface area contributed by atoms with Crippen LogP contribution in [0, 0.1) is 12.3 Å². The van der Waals surface area contributed by atoms with Crippen molar-refractivity contribution in [2.75, 3.05) is 32.1 Å². The van der Waals surface area contributed by atoms with Gasteiger partial charge in [0.15, 0.2) is 0 Å². The largest absolute Gasteiger partial charge is 0.339 e. The third kappa shape index (κ3) is 3.61. The van der Waals surface area contributed by atoms with Crippen LogP contribution in [0.1, 0.15) is 29.8 Å². The summed E-state index contributed by atoms with van der Waals surface area (Å²) in [6, 6.07) is 7.59. The van der Waals surface area contributed by atoms with Crippen LogP contribution in [-0.4, -0.2) is 53.7 Å². The molecule has 1 fully saturated rings. The van der Waals surface area contributed by atoms with E-state index in [4.69, 9.17) is 11.6 Å². The van der Waals surface area contributed by atoms with Crippen LogP contribution in [0.5, 0.6) is 0 Å². The Morgan fingerprint density at radius 1 is 1.05 bits per heavy atom. The van der Waals surface area contributed by atoms with Crippen molar-refractivity contribution in [3.63, 3.8) is 0 Å². The summed E-state index contributed by atoms with van der Waals surface area (Å²) < 4.78 is 0. The maximum atomic E-state index is 12.4. The predicted octanol–water partition coefficient (Wildman–Crippen LogP) is 2.54. The zero-order valence-corrected chi connectivity index (χ0v) is 14.2. The highest BCUT2D eigenvalue weighted by molar-refractivity contribution is 6.19. The lowest BCUT2D eigenvalue weighted by Crippen LogP contribution is -2.53. The fourth-order valence-electron chi connectivity index (χ4n) is 2.48. The van der Waals surface area contributed by atoms with Gasteiger partial charge in [0.2, 0.25) is 5.91 Å². The summed E-state index contributed by atoms with van der Waals surface area (Å²) in [5.74, 6) is 0.391. The Morgan fingerprint density at radius 3 is 2.05 bits per heavy atom. The van der Waals surface area contributed by atoms with Gasteiger partial charge in [0.25, 0.3) is 5.91 Å². The van der Waals surface area contributed by atoms with Gasteiger partial charge in [0.1, 0.15) is 0 Å². The van der Waals surface area contributed by atoms with Crippen molar-refractivity contribution in [3.8, 4) is 0 Å². The van der Waals surface area contributed by atoms with Crippen LogP contribution >= 0.6 is 11.6 Å². The summed E-state index contributed by atoms with van der Waals surface area (Å²) in [6.07, 6.45) is 0. The maximum Gasteiger partial charge on any atom is 0.253 e. The summed E-state index contributed by atoms with van der Waals surface area (Å²) in [7, 11) is 0. The predicted molar refractivity (Wildman–Crippen MR) is 88.2 cm³/mol. The first-order valence-electron chi connectivity index (χ1n) is 7.56. The highest BCUT2D eigenvalue weighted by atomic mass is 35.5. The van der Waals surface area contributed by atoms with Crippen LogP contribution < -0.4 is 0 Å². The monoisotopic (exact) mass is 322 g/mol. The topological polar surface area (TPSA) is 40.6 Å². The van der Waals surface area contributed by atoms with E-state index in [1.807, 2.05) is 49.9 Å². The molecule has 0 unspecified atom stereocenters. The molecule has 1 aliphatic heterocycles. The molecule has 1 aromatic carbocycles. The Labute approximate surface area is 137 Å². The number of hydrogen-bond donors (Lipinski definition) is 0. The van der Waals surface area contributed by atoms with Gasteiger partial charge in [-0.2, -0.15) is 0 Å². The van der Waals surface area contributed by atoms with Gasteiger partial charge in [-0.3, -0.25) is 9.59 Å². The molecule has 0 aliphatic carbocycles. The molecular weight excluding hydrogens is 300 g/mol. The van der Waals surface area contributed by atoms with Crippen molar-refractivity contribution < 1.29 is 9.59 Å². The number of aryl methyl sites for hydroxylation is 1. The first-order valence-corrected chi connectivity index (χ1v) is 8.10. The lowest BCUT2D eigenvalue weighted by Gasteiger charge is -2.38. The van der Waals surface area contributed by atoms with Crippen LogP contribution in [0.3, 0.4) is 0 Å². The number of amides is 2. The van der Waals surface area contributed by atoms with E-state index in [-0.39, 0.29) is 11.8 Å². The highest BCUT2D eigenvalue weighted by Crippen LogP contribution is 2.22. The molecule has 4 nitrogen and oxygen atoms in total. The van der Waals surface area contributed by atoms with Gasteiger partial charge in [-0.25, -0.2) is 0 Å². The number of nitrogens with zero attached hydrogens (tertiary/aromatic N) is 2. The molecule has 5 heteroatoms. The van der Waals surface area contributed by atoms with E-state index >= 15 is 0 Å². The number of piperazine rings is 1. The Hall–Kier alpha value is -1.55. The van der Waals surface area contributed by atoms with Gasteiger partial charge < -0.3 is 9.80 Å². The van der Waals surface area contributed by atoms with Gasteiger partial charge in [-0.15, -0.1) is 11.6 Å². The van der Waals surface area contributed by atoms with E-state index in [0.29, 0.717) is 37.6 Å². The lowest BCUT2D eigenvalue weighted by atomic mass is 9.94. The molecule has 1 heterocycles. The van der Waals surface area contributed by atoms with Crippen LogP contribution in [0.15, 0.2) is 24.3 Å². The first-order chi connectivity index (χ1) is 10.3. The number of carbonyl (C=O) groups excluding carboxylic acids is 2. The summed E-state index contributed by atoms with van der Waals surface area (Å²) >= 11 is 5.87. The zero-order valence-electron chi connectivity index (χ0n) is 13.4. The van der Waals surface area contributed by atoms with Gasteiger partial charge in [-0.05, 0) is 32.9 Å². The van der Waals surface area contributed by atoms with Crippen molar-refractivity contribution in [3.05, 3.63) is 35.4 Å². The third-order valence-corrected chi connectivity index (χ3v) is 4.73. The molecule has 1 aromatic rings. The zero-order chi connectivity index (χ0) is 16.3. The van der Waals surface area contributed by atoms with E-state index in [1.165, 1.54) is 0 Å². The van der Waals surface area contributed by atoms with Crippen molar-refractivity contribution in [1.29, 1.82) is 0 Å². The normalized spacial score (nSPS) is 15.8. The Balaban J connectivity index is 1.96. The second-order valence-electron chi connectivity index (χ2n) is 6.47. The van der Waals surface area contributed by atoms with Crippen LogP contribution in [-0.2, 0) is 4.79 Å². The number of rotatable bonds is 3. The first kappa shape index (κ1) is 16.8. The smallest absolute Gasteiger partial charge is 0.253 e. The van der Waals surface area contributed by atoms with Gasteiger partial charge in [0.05, 0.1) is 5.41 Å². The number of carbonyl (C=O) groups is 2. The molecule has 1 saturated heterocycles. The molecule has 22 heavy (non-hydrogen) atoms. The van der Waals surface area contributed by atoms with E-state index < -0.39 is 5.41 Å². The van der Waals surface area contributed by atoms with Crippen LogP contribution in [0.25, 0.3) is 0 Å². The third-order valence-electron chi connectivity index (χ3n) is 4.07. The summed E-state index contributed by atoms with van der Waals surface area (Å²) in [5, 5.41) is 0. The molecule has 2 amide bonds. The van der Waals surface area contributed by atoms with Crippen molar-refractivity contribution in [2.24, 2.45) is 5.41 Å².